The summed E-state index contributed by atoms with van der Waals surface area (Å²) < 4.78 is 11.0. The summed E-state index contributed by atoms with van der Waals surface area (Å²) in [5, 5.41) is 0. The number of nitrogens with two attached hydrogens (primary N) is 1. The highest BCUT2D eigenvalue weighted by atomic mass is 16.6. The standard InChI is InChI=1S/C15H28N2O3/c1-14(2,3)20-13(18)17-7-4-15(5-8-17)6-9-19-11-12(15)10-16/h12H,4-11,16H2,1-3H3. The van der Waals surface area contributed by atoms with Gasteiger partial charge in [0.2, 0.25) is 0 Å². The number of nitrogens with zero attached hydrogens (tertiary/aromatic N) is 1. The van der Waals surface area contributed by atoms with Gasteiger partial charge in [-0.3, -0.25) is 0 Å². The highest BCUT2D eigenvalue weighted by Gasteiger charge is 2.43. The van der Waals surface area contributed by atoms with Gasteiger partial charge in [-0.05, 0) is 52.0 Å². The molecular formula is C15H28N2O3. The average molecular weight is 284 g/mol. The number of hydrogen-bond donors (Lipinski definition) is 1. The van der Waals surface area contributed by atoms with Crippen molar-refractivity contribution in [3.8, 4) is 0 Å². The molecule has 0 aromatic carbocycles. The molecule has 0 aromatic heterocycles. The maximum absolute atomic E-state index is 12.1. The number of amides is 1. The van der Waals surface area contributed by atoms with Gasteiger partial charge >= 0.3 is 6.09 Å². The first kappa shape index (κ1) is 15.6. The average Bonchev–Trinajstić information content (AvgIpc) is 2.38. The van der Waals surface area contributed by atoms with Crippen LogP contribution < -0.4 is 5.73 Å². The Morgan fingerprint density at radius 2 is 2.00 bits per heavy atom. The van der Waals surface area contributed by atoms with Gasteiger partial charge < -0.3 is 20.1 Å². The van der Waals surface area contributed by atoms with Crippen molar-refractivity contribution in [2.24, 2.45) is 17.1 Å². The molecule has 2 aliphatic rings. The Bertz CT molecular complexity index is 344. The molecule has 1 atom stereocenters. The third-order valence-electron chi connectivity index (χ3n) is 4.62. The minimum absolute atomic E-state index is 0.191. The molecular weight excluding hydrogens is 256 g/mol. The van der Waals surface area contributed by atoms with Crippen molar-refractivity contribution in [1.82, 2.24) is 4.90 Å². The Labute approximate surface area is 121 Å². The number of carbonyl (C=O) groups excluding carboxylic acids is 1. The van der Waals surface area contributed by atoms with Gasteiger partial charge in [0.1, 0.15) is 5.60 Å². The van der Waals surface area contributed by atoms with Crippen LogP contribution in [0.1, 0.15) is 40.0 Å². The van der Waals surface area contributed by atoms with Crippen molar-refractivity contribution in [3.63, 3.8) is 0 Å². The molecule has 1 amide bonds. The van der Waals surface area contributed by atoms with E-state index in [1.807, 2.05) is 25.7 Å². The van der Waals surface area contributed by atoms with Crippen molar-refractivity contribution in [2.75, 3.05) is 32.8 Å². The predicted molar refractivity (Wildman–Crippen MR) is 77.5 cm³/mol. The lowest BCUT2D eigenvalue weighted by atomic mass is 9.66. The van der Waals surface area contributed by atoms with Crippen LogP contribution in [-0.4, -0.2) is 49.4 Å². The van der Waals surface area contributed by atoms with Crippen LogP contribution in [0.25, 0.3) is 0 Å². The van der Waals surface area contributed by atoms with Gasteiger partial charge in [0.05, 0.1) is 6.61 Å². The first-order valence-corrected chi connectivity index (χ1v) is 7.62. The molecule has 116 valence electrons. The summed E-state index contributed by atoms with van der Waals surface area (Å²) in [7, 11) is 0. The van der Waals surface area contributed by atoms with Crippen molar-refractivity contribution in [3.05, 3.63) is 0 Å². The van der Waals surface area contributed by atoms with E-state index in [1.165, 1.54) is 0 Å². The van der Waals surface area contributed by atoms with Crippen molar-refractivity contribution < 1.29 is 14.3 Å². The van der Waals surface area contributed by atoms with E-state index in [2.05, 4.69) is 0 Å². The van der Waals surface area contributed by atoms with Gasteiger partial charge in [-0.2, -0.15) is 0 Å². The molecule has 5 nitrogen and oxygen atoms in total. The van der Waals surface area contributed by atoms with Gasteiger partial charge in [-0.25, -0.2) is 4.79 Å². The van der Waals surface area contributed by atoms with E-state index in [-0.39, 0.29) is 11.5 Å². The second-order valence-electron chi connectivity index (χ2n) is 7.09. The van der Waals surface area contributed by atoms with Crippen LogP contribution >= 0.6 is 0 Å². The summed E-state index contributed by atoms with van der Waals surface area (Å²) in [5.74, 6) is 0.428. The van der Waals surface area contributed by atoms with Crippen LogP contribution in [0.4, 0.5) is 4.79 Å². The van der Waals surface area contributed by atoms with E-state index >= 15 is 0 Å². The number of ether oxygens (including phenoxy) is 2. The van der Waals surface area contributed by atoms with Crippen LogP contribution in [0.5, 0.6) is 0 Å². The summed E-state index contributed by atoms with van der Waals surface area (Å²) in [6.07, 6.45) is 2.90. The summed E-state index contributed by atoms with van der Waals surface area (Å²) in [6.45, 7) is 9.51. The summed E-state index contributed by atoms with van der Waals surface area (Å²) >= 11 is 0. The smallest absolute Gasteiger partial charge is 0.410 e. The van der Waals surface area contributed by atoms with Crippen LogP contribution in [-0.2, 0) is 9.47 Å². The maximum Gasteiger partial charge on any atom is 0.410 e. The van der Waals surface area contributed by atoms with Gasteiger partial charge in [0.25, 0.3) is 0 Å². The Kier molecular flexibility index (Phi) is 4.59. The first-order valence-electron chi connectivity index (χ1n) is 7.62. The van der Waals surface area contributed by atoms with Crippen molar-refractivity contribution in [1.29, 1.82) is 0 Å². The molecule has 0 radical (unpaired) electrons. The van der Waals surface area contributed by atoms with Crippen LogP contribution in [0.15, 0.2) is 0 Å². The van der Waals surface area contributed by atoms with E-state index in [0.29, 0.717) is 12.5 Å². The molecule has 0 bridgehead atoms. The number of carbonyl (C=O) groups is 1. The minimum atomic E-state index is -0.426. The fraction of sp³-hybridized carbons (Fsp3) is 0.933. The molecule has 2 aliphatic heterocycles. The van der Waals surface area contributed by atoms with E-state index in [1.54, 1.807) is 0 Å². The number of hydrogen-bond acceptors (Lipinski definition) is 4. The second kappa shape index (κ2) is 5.90. The molecule has 2 N–H and O–H groups in total. The van der Waals surface area contributed by atoms with E-state index in [9.17, 15) is 4.79 Å². The monoisotopic (exact) mass is 284 g/mol. The molecule has 2 heterocycles. The maximum atomic E-state index is 12.1. The summed E-state index contributed by atoms with van der Waals surface area (Å²) in [4.78, 5) is 13.9. The Morgan fingerprint density at radius 3 is 2.55 bits per heavy atom. The lowest BCUT2D eigenvalue weighted by molar-refractivity contribution is -0.0699. The zero-order valence-electron chi connectivity index (χ0n) is 13.0. The van der Waals surface area contributed by atoms with E-state index in [0.717, 1.165) is 45.6 Å². The highest BCUT2D eigenvalue weighted by Crippen LogP contribution is 2.44. The number of rotatable bonds is 1. The van der Waals surface area contributed by atoms with Crippen LogP contribution in [0.3, 0.4) is 0 Å². The lowest BCUT2D eigenvalue weighted by Gasteiger charge is -2.48. The topological polar surface area (TPSA) is 64.8 Å². The zero-order valence-corrected chi connectivity index (χ0v) is 13.0. The number of likely N-dealkylation sites (tertiary alicyclic amines) is 1. The largest absolute Gasteiger partial charge is 0.444 e. The first-order chi connectivity index (χ1) is 9.36. The molecule has 0 aromatic rings. The van der Waals surface area contributed by atoms with Gasteiger partial charge in [0.15, 0.2) is 0 Å². The predicted octanol–water partition coefficient (Wildman–Crippen LogP) is 2.00. The Balaban J connectivity index is 1.92. The van der Waals surface area contributed by atoms with Crippen molar-refractivity contribution >= 4 is 6.09 Å². The van der Waals surface area contributed by atoms with Gasteiger partial charge in [0, 0.05) is 25.6 Å². The van der Waals surface area contributed by atoms with Gasteiger partial charge in [-0.15, -0.1) is 0 Å². The lowest BCUT2D eigenvalue weighted by Crippen LogP contribution is -2.51. The van der Waals surface area contributed by atoms with Gasteiger partial charge in [-0.1, -0.05) is 0 Å². The highest BCUT2D eigenvalue weighted by molar-refractivity contribution is 5.68. The van der Waals surface area contributed by atoms with Crippen LogP contribution in [0.2, 0.25) is 0 Å². The quantitative estimate of drug-likeness (QED) is 0.800. The van der Waals surface area contributed by atoms with E-state index in [4.69, 9.17) is 15.2 Å². The molecule has 5 heteroatoms. The third-order valence-corrected chi connectivity index (χ3v) is 4.62. The molecule has 0 aliphatic carbocycles. The van der Waals surface area contributed by atoms with E-state index < -0.39 is 5.60 Å². The second-order valence-corrected chi connectivity index (χ2v) is 7.09. The van der Waals surface area contributed by atoms with Crippen molar-refractivity contribution in [2.45, 2.75) is 45.6 Å². The molecule has 0 saturated carbocycles. The SMILES string of the molecule is CC(C)(C)OC(=O)N1CCC2(CCOCC2CN)CC1. The summed E-state index contributed by atoms with van der Waals surface area (Å²) in [5.41, 5.74) is 5.74. The number of piperidine rings is 1. The molecule has 1 unspecified atom stereocenters. The fourth-order valence-electron chi connectivity index (χ4n) is 3.32. The fourth-order valence-corrected chi connectivity index (χ4v) is 3.32. The molecule has 2 fully saturated rings. The Hall–Kier alpha value is -0.810. The molecule has 2 rings (SSSR count). The molecule has 1 spiro atoms. The third kappa shape index (κ3) is 3.44. The zero-order chi connectivity index (χ0) is 14.8. The molecule has 2 saturated heterocycles. The molecule has 20 heavy (non-hydrogen) atoms. The normalized spacial score (nSPS) is 26.6. The Morgan fingerprint density at radius 1 is 1.35 bits per heavy atom. The summed E-state index contributed by atoms with van der Waals surface area (Å²) in [6, 6.07) is 0. The minimum Gasteiger partial charge on any atom is -0.444 e. The van der Waals surface area contributed by atoms with Crippen LogP contribution in [0, 0.1) is 11.3 Å².